The van der Waals surface area contributed by atoms with Crippen LogP contribution in [-0.4, -0.2) is 34.7 Å². The van der Waals surface area contributed by atoms with Gasteiger partial charge < -0.3 is 11.1 Å². The van der Waals surface area contributed by atoms with Gasteiger partial charge in [0.1, 0.15) is 5.82 Å². The molecular formula is C12H15BrFN7OS. The average molecular weight is 404 g/mol. The second kappa shape index (κ2) is 7.04. The summed E-state index contributed by atoms with van der Waals surface area (Å²) in [6.07, 6.45) is 1.57. The highest BCUT2D eigenvalue weighted by atomic mass is 79.9. The fraction of sp³-hybridized carbons (Fsp3) is 0.250. The first-order valence-corrected chi connectivity index (χ1v) is 9.38. The molecular weight excluding hydrogens is 389 g/mol. The molecule has 0 aliphatic carbocycles. The molecule has 0 aliphatic rings. The first-order chi connectivity index (χ1) is 10.8. The van der Waals surface area contributed by atoms with Crippen molar-refractivity contribution in [2.24, 2.45) is 10.7 Å². The van der Waals surface area contributed by atoms with Crippen LogP contribution in [0.4, 0.5) is 15.9 Å². The highest BCUT2D eigenvalue weighted by Gasteiger charge is 2.14. The Labute approximate surface area is 140 Å². The Bertz CT molecular complexity index is 834. The molecule has 0 amide bonds. The smallest absolute Gasteiger partial charge is 0.202 e. The van der Waals surface area contributed by atoms with Gasteiger partial charge in [-0.15, -0.1) is 0 Å². The van der Waals surface area contributed by atoms with Crippen LogP contribution in [0.5, 0.6) is 0 Å². The van der Waals surface area contributed by atoms with Crippen molar-refractivity contribution in [1.82, 2.24) is 10.3 Å². The van der Waals surface area contributed by atoms with E-state index in [0.29, 0.717) is 18.0 Å². The van der Waals surface area contributed by atoms with E-state index in [1.54, 1.807) is 6.26 Å². The van der Waals surface area contributed by atoms with E-state index in [0.717, 1.165) is 0 Å². The zero-order valence-corrected chi connectivity index (χ0v) is 14.5. The van der Waals surface area contributed by atoms with Gasteiger partial charge in [-0.1, -0.05) is 9.62 Å². The number of aromatic nitrogens is 2. The van der Waals surface area contributed by atoms with Gasteiger partial charge in [-0.05, 0) is 44.4 Å². The first kappa shape index (κ1) is 17.3. The van der Waals surface area contributed by atoms with Gasteiger partial charge in [-0.25, -0.2) is 14.0 Å². The van der Waals surface area contributed by atoms with Gasteiger partial charge in [0.25, 0.3) is 0 Å². The van der Waals surface area contributed by atoms with Crippen LogP contribution in [0.1, 0.15) is 5.69 Å². The van der Waals surface area contributed by atoms with Crippen LogP contribution in [0.25, 0.3) is 0 Å². The van der Waals surface area contributed by atoms with Gasteiger partial charge in [0, 0.05) is 18.6 Å². The summed E-state index contributed by atoms with van der Waals surface area (Å²) in [5.41, 5.74) is 6.55. The van der Waals surface area contributed by atoms with Gasteiger partial charge >= 0.3 is 0 Å². The maximum Gasteiger partial charge on any atom is 0.202 e. The normalized spacial score (nSPS) is 12.4. The standard InChI is InChI=1S/C12H15BrFN7OS/c1-23(16,17)5-4-18-12-10(20-22-21-12)11(15)19-7-2-3-9(14)8(13)6-7/h2-3,6,16-17H,4-5H2,1H3,(H2,15,19)(H,18,21). The van der Waals surface area contributed by atoms with Crippen molar-refractivity contribution in [3.63, 3.8) is 0 Å². The number of nitrogens with zero attached hydrogens (tertiary/aromatic N) is 3. The molecule has 8 nitrogen and oxygen atoms in total. The lowest BCUT2D eigenvalue weighted by Gasteiger charge is -2.06. The molecule has 0 atom stereocenters. The summed E-state index contributed by atoms with van der Waals surface area (Å²) in [7, 11) is -2.11. The minimum atomic E-state index is -2.11. The van der Waals surface area contributed by atoms with E-state index in [9.17, 15) is 4.39 Å². The minimum absolute atomic E-state index is 0.0547. The lowest BCUT2D eigenvalue weighted by molar-refractivity contribution is 0.308. The predicted octanol–water partition coefficient (Wildman–Crippen LogP) is 2.73. The number of hydrogen-bond donors (Lipinski definition) is 4. The molecule has 23 heavy (non-hydrogen) atoms. The lowest BCUT2D eigenvalue weighted by Crippen LogP contribution is -2.18. The van der Waals surface area contributed by atoms with Crippen molar-refractivity contribution in [2.75, 3.05) is 23.9 Å². The third-order valence-electron chi connectivity index (χ3n) is 2.69. The second-order valence-electron chi connectivity index (χ2n) is 4.78. The van der Waals surface area contributed by atoms with E-state index in [1.165, 1.54) is 18.2 Å². The van der Waals surface area contributed by atoms with Crippen LogP contribution in [-0.2, 0) is 9.62 Å². The molecule has 124 valence electrons. The molecule has 2 rings (SSSR count). The summed E-state index contributed by atoms with van der Waals surface area (Å²) < 4.78 is 33.2. The third-order valence-corrected chi connectivity index (χ3v) is 4.31. The number of hydrogen-bond acceptors (Lipinski definition) is 7. The molecule has 5 N–H and O–H groups in total. The number of benzene rings is 1. The Morgan fingerprint density at radius 1 is 1.48 bits per heavy atom. The van der Waals surface area contributed by atoms with Crippen molar-refractivity contribution in [1.29, 1.82) is 9.56 Å². The van der Waals surface area contributed by atoms with Crippen molar-refractivity contribution in [3.05, 3.63) is 34.2 Å². The zero-order chi connectivity index (χ0) is 17.0. The third kappa shape index (κ3) is 4.99. The number of aliphatic imine (C=N–C) groups is 1. The highest BCUT2D eigenvalue weighted by molar-refractivity contribution is 9.10. The highest BCUT2D eigenvalue weighted by Crippen LogP contribution is 2.22. The monoisotopic (exact) mass is 403 g/mol. The fourth-order valence-corrected chi connectivity index (χ4v) is 2.47. The molecule has 0 bridgehead atoms. The van der Waals surface area contributed by atoms with E-state index in [4.69, 9.17) is 15.3 Å². The summed E-state index contributed by atoms with van der Waals surface area (Å²) in [6, 6.07) is 4.23. The predicted molar refractivity (Wildman–Crippen MR) is 90.9 cm³/mol. The Kier molecular flexibility index (Phi) is 5.31. The largest absolute Gasteiger partial charge is 0.382 e. The van der Waals surface area contributed by atoms with E-state index in [2.05, 4.69) is 41.2 Å². The average Bonchev–Trinajstić information content (AvgIpc) is 2.90. The van der Waals surface area contributed by atoms with Gasteiger partial charge in [-0.2, -0.15) is 0 Å². The van der Waals surface area contributed by atoms with Crippen LogP contribution >= 0.6 is 15.9 Å². The number of rotatable bonds is 6. The maximum absolute atomic E-state index is 13.2. The Morgan fingerprint density at radius 3 is 2.87 bits per heavy atom. The van der Waals surface area contributed by atoms with Gasteiger partial charge in [-0.3, -0.25) is 9.56 Å². The summed E-state index contributed by atoms with van der Waals surface area (Å²) in [4.78, 5) is 4.15. The van der Waals surface area contributed by atoms with Crippen LogP contribution in [0, 0.1) is 15.4 Å². The van der Waals surface area contributed by atoms with Crippen LogP contribution < -0.4 is 11.1 Å². The first-order valence-electron chi connectivity index (χ1n) is 6.37. The Hall–Kier alpha value is -2.01. The summed E-state index contributed by atoms with van der Waals surface area (Å²) in [6.45, 7) is 0.370. The lowest BCUT2D eigenvalue weighted by atomic mass is 10.3. The molecule has 0 fully saturated rings. The molecule has 1 aromatic carbocycles. The zero-order valence-electron chi connectivity index (χ0n) is 12.1. The fourth-order valence-electron chi connectivity index (χ4n) is 1.59. The minimum Gasteiger partial charge on any atom is -0.382 e. The molecule has 2 aromatic rings. The SMILES string of the molecule is CS(=N)(=N)CCNc1nonc1C(N)=Nc1ccc(F)c(Br)c1. The molecule has 0 unspecified atom stereocenters. The number of nitrogens with two attached hydrogens (primary N) is 1. The van der Waals surface area contributed by atoms with Crippen LogP contribution in [0.15, 0.2) is 32.3 Å². The molecule has 0 radical (unpaired) electrons. The topological polar surface area (TPSA) is 137 Å². The molecule has 1 heterocycles. The van der Waals surface area contributed by atoms with Crippen molar-refractivity contribution in [2.45, 2.75) is 0 Å². The number of amidine groups is 1. The molecule has 1 aromatic heterocycles. The van der Waals surface area contributed by atoms with E-state index >= 15 is 0 Å². The maximum atomic E-state index is 13.2. The number of halogens is 2. The Balaban J connectivity index is 2.16. The summed E-state index contributed by atoms with van der Waals surface area (Å²) >= 11 is 3.07. The van der Waals surface area contributed by atoms with E-state index < -0.39 is 15.4 Å². The summed E-state index contributed by atoms with van der Waals surface area (Å²) in [5.74, 6) is 0.306. The summed E-state index contributed by atoms with van der Waals surface area (Å²) in [5, 5.41) is 10.3. The van der Waals surface area contributed by atoms with Crippen molar-refractivity contribution < 1.29 is 9.02 Å². The van der Waals surface area contributed by atoms with E-state index in [-0.39, 0.29) is 21.8 Å². The molecule has 11 heteroatoms. The number of nitrogens with one attached hydrogen (secondary N) is 3. The molecule has 0 spiro atoms. The van der Waals surface area contributed by atoms with Gasteiger partial charge in [0.15, 0.2) is 11.5 Å². The molecule has 0 saturated carbocycles. The van der Waals surface area contributed by atoms with Crippen LogP contribution in [0.3, 0.4) is 0 Å². The molecule has 0 aliphatic heterocycles. The van der Waals surface area contributed by atoms with Crippen molar-refractivity contribution >= 4 is 42.9 Å². The quantitative estimate of drug-likeness (QED) is 0.433. The van der Waals surface area contributed by atoms with Gasteiger partial charge in [0.05, 0.1) is 10.2 Å². The molecule has 0 saturated heterocycles. The number of anilines is 1. The Morgan fingerprint density at radius 2 is 2.22 bits per heavy atom. The second-order valence-corrected chi connectivity index (χ2v) is 8.21. The van der Waals surface area contributed by atoms with Gasteiger partial charge in [0.2, 0.25) is 5.82 Å². The van der Waals surface area contributed by atoms with Crippen LogP contribution in [0.2, 0.25) is 0 Å². The van der Waals surface area contributed by atoms with E-state index in [1.807, 2.05) is 0 Å². The van der Waals surface area contributed by atoms with Crippen molar-refractivity contribution in [3.8, 4) is 0 Å².